The minimum Gasteiger partial charge on any atom is -0.456 e. The molecule has 2 N–H and O–H groups in total. The molecule has 5 rings (SSSR count). The first-order valence-electron chi connectivity index (χ1n) is 24.1. The van der Waals surface area contributed by atoms with Crippen LogP contribution in [-0.4, -0.2) is 165 Å². The molecule has 1 amide bonds. The number of nitrogens with zero attached hydrogens (tertiary/aromatic N) is 2. The van der Waals surface area contributed by atoms with Crippen LogP contribution in [0.3, 0.4) is 0 Å². The van der Waals surface area contributed by atoms with Gasteiger partial charge in [0.05, 0.1) is 50.3 Å². The maximum absolute atomic E-state index is 14.5. The molecule has 64 heavy (non-hydrogen) atoms. The summed E-state index contributed by atoms with van der Waals surface area (Å²) in [6.45, 7) is 16.1. The molecule has 0 aromatic rings. The van der Waals surface area contributed by atoms with Crippen LogP contribution in [0, 0.1) is 29.6 Å². The van der Waals surface area contributed by atoms with Gasteiger partial charge in [-0.2, -0.15) is 0 Å². The zero-order valence-electron chi connectivity index (χ0n) is 40.2. The number of aliphatic hydroxyl groups excluding tert-OH is 1. The highest BCUT2D eigenvalue weighted by molar-refractivity contribution is 6.39. The van der Waals surface area contributed by atoms with E-state index in [9.17, 15) is 29.4 Å². The maximum Gasteiger partial charge on any atom is 0.329 e. The number of hydrogen-bond acceptors (Lipinski definition) is 14. The number of piperidine rings is 1. The molecule has 1 saturated carbocycles. The van der Waals surface area contributed by atoms with Crippen LogP contribution in [0.15, 0.2) is 23.3 Å². The number of carbonyl (C=O) groups excluding carboxylic acids is 4. The van der Waals surface area contributed by atoms with Crippen molar-refractivity contribution >= 4 is 23.4 Å². The second kappa shape index (κ2) is 24.4. The fraction of sp³-hybridized carbons (Fsp3) is 0.837. The van der Waals surface area contributed by atoms with Gasteiger partial charge in [-0.3, -0.25) is 19.3 Å². The number of methoxy groups -OCH3 is 3. The minimum absolute atomic E-state index is 0.0364. The molecule has 364 valence electrons. The van der Waals surface area contributed by atoms with Crippen LogP contribution in [0.5, 0.6) is 0 Å². The van der Waals surface area contributed by atoms with Crippen LogP contribution >= 0.6 is 0 Å². The molecule has 4 fully saturated rings. The van der Waals surface area contributed by atoms with Gasteiger partial charge < -0.3 is 48.3 Å². The Balaban J connectivity index is 1.44. The summed E-state index contributed by atoms with van der Waals surface area (Å²) < 4.78 is 42.2. The fourth-order valence-electron chi connectivity index (χ4n) is 10.7. The number of morpholine rings is 1. The average molecular weight is 905 g/mol. The molecule has 15 nitrogen and oxygen atoms in total. The van der Waals surface area contributed by atoms with Crippen LogP contribution in [0.1, 0.15) is 112 Å². The van der Waals surface area contributed by atoms with Crippen molar-refractivity contribution in [2.24, 2.45) is 29.6 Å². The number of amides is 1. The van der Waals surface area contributed by atoms with Gasteiger partial charge in [0.2, 0.25) is 5.79 Å². The third kappa shape index (κ3) is 13.1. The van der Waals surface area contributed by atoms with Crippen molar-refractivity contribution in [3.05, 3.63) is 23.3 Å². The first-order valence-corrected chi connectivity index (χ1v) is 24.1. The number of ketones is 2. The zero-order valence-corrected chi connectivity index (χ0v) is 40.2. The lowest BCUT2D eigenvalue weighted by Crippen LogP contribution is -2.64. The van der Waals surface area contributed by atoms with Crippen LogP contribution in [0.4, 0.5) is 0 Å². The van der Waals surface area contributed by atoms with E-state index in [4.69, 9.17) is 33.2 Å². The number of hydrogen-bond donors (Lipinski definition) is 2. The van der Waals surface area contributed by atoms with Gasteiger partial charge in [0.1, 0.15) is 24.0 Å². The van der Waals surface area contributed by atoms with E-state index in [0.29, 0.717) is 50.7 Å². The van der Waals surface area contributed by atoms with E-state index in [0.717, 1.165) is 51.3 Å². The topological polar surface area (TPSA) is 180 Å². The van der Waals surface area contributed by atoms with E-state index in [2.05, 4.69) is 17.9 Å². The van der Waals surface area contributed by atoms with Crippen LogP contribution in [0.2, 0.25) is 0 Å². The highest BCUT2D eigenvalue weighted by atomic mass is 16.7. The molecule has 15 heteroatoms. The number of cyclic esters (lactones) is 1. The SMILES string of the molecule is CCC1/C=C(\C)CC(C)CC(OC)C2OC(O)(C(=O)C(=O)N3CCCCC3C(=O)OC(C(C)=CC3CCC(OCCN4CCOCC4)C(OC)C3)C(C)C(O)CC1=O)C(C)CC2OC. The molecule has 1 aliphatic carbocycles. The Bertz CT molecular complexity index is 1620. The molecular weight excluding hydrogens is 825 g/mol. The third-order valence-electron chi connectivity index (χ3n) is 14.7. The van der Waals surface area contributed by atoms with Crippen molar-refractivity contribution in [1.29, 1.82) is 0 Å². The van der Waals surface area contributed by atoms with Crippen LogP contribution in [0.25, 0.3) is 0 Å². The predicted octanol–water partition coefficient (Wildman–Crippen LogP) is 4.83. The highest BCUT2D eigenvalue weighted by Crippen LogP contribution is 2.39. The summed E-state index contributed by atoms with van der Waals surface area (Å²) in [6, 6.07) is -1.13. The minimum atomic E-state index is -2.50. The number of Topliss-reactive ketones (excluding diaryl/α,β-unsaturated/α-hetero) is 2. The Morgan fingerprint density at radius 3 is 2.25 bits per heavy atom. The Kier molecular flexibility index (Phi) is 20.0. The summed E-state index contributed by atoms with van der Waals surface area (Å²) in [5, 5.41) is 23.9. The lowest BCUT2D eigenvalue weighted by atomic mass is 9.81. The molecule has 0 radical (unpaired) electrons. The second-order valence-electron chi connectivity index (χ2n) is 19.5. The summed E-state index contributed by atoms with van der Waals surface area (Å²) in [4.78, 5) is 60.7. The monoisotopic (exact) mass is 905 g/mol. The molecule has 4 aliphatic heterocycles. The van der Waals surface area contributed by atoms with Gasteiger partial charge in [0.25, 0.3) is 11.7 Å². The zero-order chi connectivity index (χ0) is 46.7. The Labute approximate surface area is 381 Å². The van der Waals surface area contributed by atoms with Crippen molar-refractivity contribution < 1.29 is 62.5 Å². The van der Waals surface area contributed by atoms with Crippen LogP contribution < -0.4 is 0 Å². The molecule has 0 spiro atoms. The Hall–Kier alpha value is -2.60. The van der Waals surface area contributed by atoms with Gasteiger partial charge in [0.15, 0.2) is 0 Å². The third-order valence-corrected chi connectivity index (χ3v) is 14.7. The van der Waals surface area contributed by atoms with Crippen LogP contribution in [-0.2, 0) is 52.3 Å². The molecule has 2 bridgehead atoms. The molecule has 5 aliphatic rings. The van der Waals surface area contributed by atoms with Gasteiger partial charge in [-0.1, -0.05) is 45.4 Å². The largest absolute Gasteiger partial charge is 0.456 e. The first kappa shape index (κ1) is 52.4. The normalized spacial score (nSPS) is 39.6. The fourth-order valence-corrected chi connectivity index (χ4v) is 10.7. The number of esters is 1. The van der Waals surface area contributed by atoms with E-state index < -0.39 is 77.8 Å². The van der Waals surface area contributed by atoms with E-state index in [1.165, 1.54) is 4.90 Å². The predicted molar refractivity (Wildman–Crippen MR) is 239 cm³/mol. The Morgan fingerprint density at radius 2 is 1.58 bits per heavy atom. The number of allylic oxidation sites excluding steroid dienone is 3. The standard InChI is InChI=1S/C49H80N2O13/c1-10-36-24-30(2)23-31(3)25-42(59-8)45-43(60-9)27-33(5)49(57,64-45)46(54)47(55)51-16-12-11-13-37(51)48(56)63-44(34(6)38(52)29-39(36)53)32(4)26-35-14-15-40(41(28-35)58-7)62-22-19-50-17-20-61-21-18-50/h24,26,31,33-38,40-45,52,57H,10-23,25,27-29H2,1-9H3/b30-24+,32-26?. The molecular formula is C49H80N2O13. The quantitative estimate of drug-likeness (QED) is 0.173. The summed E-state index contributed by atoms with van der Waals surface area (Å²) in [6.07, 6.45) is 5.12. The molecule has 14 unspecified atom stereocenters. The molecule has 3 saturated heterocycles. The molecule has 0 aromatic heterocycles. The maximum atomic E-state index is 14.5. The van der Waals surface area contributed by atoms with Crippen molar-refractivity contribution in [2.75, 3.05) is 67.3 Å². The summed E-state index contributed by atoms with van der Waals surface area (Å²) in [5.74, 6) is -7.37. The van der Waals surface area contributed by atoms with E-state index in [-0.39, 0.29) is 55.6 Å². The number of aliphatic hydroxyl groups is 2. The number of ether oxygens (including phenoxy) is 7. The van der Waals surface area contributed by atoms with Crippen molar-refractivity contribution in [1.82, 2.24) is 9.80 Å². The first-order chi connectivity index (χ1) is 30.5. The van der Waals surface area contributed by atoms with Crippen molar-refractivity contribution in [3.8, 4) is 0 Å². The smallest absolute Gasteiger partial charge is 0.329 e. The van der Waals surface area contributed by atoms with Crippen molar-refractivity contribution in [2.45, 2.75) is 167 Å². The Morgan fingerprint density at radius 1 is 0.891 bits per heavy atom. The van der Waals surface area contributed by atoms with Gasteiger partial charge in [-0.05, 0) is 95.5 Å². The van der Waals surface area contributed by atoms with Gasteiger partial charge in [-0.25, -0.2) is 4.79 Å². The number of rotatable bonds is 10. The van der Waals surface area contributed by atoms with Gasteiger partial charge in [-0.15, -0.1) is 0 Å². The molecule has 14 atom stereocenters. The van der Waals surface area contributed by atoms with E-state index >= 15 is 0 Å². The lowest BCUT2D eigenvalue weighted by molar-refractivity contribution is -0.302. The molecule has 4 heterocycles. The van der Waals surface area contributed by atoms with Gasteiger partial charge in [0, 0.05) is 71.7 Å². The van der Waals surface area contributed by atoms with E-state index in [1.54, 1.807) is 35.2 Å². The number of carbonyl (C=O) groups is 4. The highest BCUT2D eigenvalue weighted by Gasteiger charge is 2.56. The van der Waals surface area contributed by atoms with Crippen molar-refractivity contribution in [3.63, 3.8) is 0 Å². The number of fused-ring (bicyclic) bond motifs is 3. The molecule has 0 aromatic carbocycles. The summed E-state index contributed by atoms with van der Waals surface area (Å²) in [5.41, 5.74) is 1.72. The lowest BCUT2D eigenvalue weighted by Gasteiger charge is -2.47. The average Bonchev–Trinajstić information content (AvgIpc) is 3.29. The van der Waals surface area contributed by atoms with E-state index in [1.807, 2.05) is 26.8 Å². The summed E-state index contributed by atoms with van der Waals surface area (Å²) in [7, 11) is 4.78. The summed E-state index contributed by atoms with van der Waals surface area (Å²) >= 11 is 0. The van der Waals surface area contributed by atoms with Gasteiger partial charge >= 0.3 is 5.97 Å². The second-order valence-corrected chi connectivity index (χ2v) is 19.5.